The molecule has 0 amide bonds. The first-order chi connectivity index (χ1) is 9.16. The summed E-state index contributed by atoms with van der Waals surface area (Å²) in [5.41, 5.74) is 1.13. The van der Waals surface area contributed by atoms with Crippen molar-refractivity contribution in [3.63, 3.8) is 0 Å². The van der Waals surface area contributed by atoms with Crippen LogP contribution in [0, 0.1) is 5.82 Å². The zero-order valence-electron chi connectivity index (χ0n) is 10.6. The summed E-state index contributed by atoms with van der Waals surface area (Å²) < 4.78 is 19.0. The normalized spacial score (nSPS) is 10.4. The van der Waals surface area contributed by atoms with Crippen LogP contribution >= 0.6 is 0 Å². The summed E-state index contributed by atoms with van der Waals surface area (Å²) in [5.74, 6) is -0.394. The first-order valence-electron chi connectivity index (χ1n) is 6.07. The lowest BCUT2D eigenvalue weighted by Gasteiger charge is -2.07. The average Bonchev–Trinajstić information content (AvgIpc) is 2.87. The van der Waals surface area contributed by atoms with Crippen LogP contribution in [0.3, 0.4) is 0 Å². The van der Waals surface area contributed by atoms with E-state index >= 15 is 0 Å². The van der Waals surface area contributed by atoms with Gasteiger partial charge in [-0.1, -0.05) is 0 Å². The molecular formula is C14H15FN2O2. The van der Waals surface area contributed by atoms with Crippen molar-refractivity contribution in [1.29, 1.82) is 0 Å². The van der Waals surface area contributed by atoms with Crippen LogP contribution in [0.2, 0.25) is 0 Å². The molecule has 2 rings (SSSR count). The van der Waals surface area contributed by atoms with Gasteiger partial charge in [-0.2, -0.15) is 0 Å². The van der Waals surface area contributed by atoms with Gasteiger partial charge in [0.25, 0.3) is 0 Å². The van der Waals surface area contributed by atoms with E-state index in [4.69, 9.17) is 4.74 Å². The van der Waals surface area contributed by atoms with Crippen LogP contribution in [0.15, 0.2) is 30.7 Å². The Hall–Kier alpha value is -2.17. The fourth-order valence-electron chi connectivity index (χ4n) is 1.75. The van der Waals surface area contributed by atoms with Crippen molar-refractivity contribution >= 4 is 5.78 Å². The summed E-state index contributed by atoms with van der Waals surface area (Å²) in [6.07, 6.45) is 5.03. The van der Waals surface area contributed by atoms with Crippen LogP contribution in [-0.4, -0.2) is 22.4 Å². The molecule has 19 heavy (non-hydrogen) atoms. The van der Waals surface area contributed by atoms with Crippen molar-refractivity contribution in [2.24, 2.45) is 0 Å². The number of H-pyrrole nitrogens is 1. The molecule has 0 spiro atoms. The Morgan fingerprint density at radius 1 is 1.47 bits per heavy atom. The number of carbonyl (C=O) groups excluding carboxylic acids is 1. The number of carbonyl (C=O) groups is 1. The van der Waals surface area contributed by atoms with E-state index in [0.29, 0.717) is 12.4 Å². The van der Waals surface area contributed by atoms with Crippen LogP contribution in [0.1, 0.15) is 29.4 Å². The summed E-state index contributed by atoms with van der Waals surface area (Å²) in [4.78, 5) is 18.0. The second-order valence-electron chi connectivity index (χ2n) is 4.23. The van der Waals surface area contributed by atoms with Crippen LogP contribution in [-0.2, 0) is 6.42 Å². The third kappa shape index (κ3) is 3.64. The zero-order chi connectivity index (χ0) is 13.7. The number of ether oxygens (including phenoxy) is 1. The van der Waals surface area contributed by atoms with Gasteiger partial charge in [0.15, 0.2) is 5.78 Å². The monoisotopic (exact) mass is 262 g/mol. The molecule has 4 nitrogen and oxygen atoms in total. The Kier molecular flexibility index (Phi) is 4.28. The highest BCUT2D eigenvalue weighted by Gasteiger charge is 2.08. The number of aromatic nitrogens is 2. The zero-order valence-corrected chi connectivity index (χ0v) is 10.6. The molecule has 1 aromatic carbocycles. The molecule has 0 saturated heterocycles. The molecule has 1 N–H and O–H groups in total. The van der Waals surface area contributed by atoms with Crippen LogP contribution in [0.4, 0.5) is 4.39 Å². The molecule has 0 unspecified atom stereocenters. The Morgan fingerprint density at radius 2 is 2.32 bits per heavy atom. The number of aromatic amines is 1. The number of benzene rings is 1. The molecule has 100 valence electrons. The van der Waals surface area contributed by atoms with Crippen molar-refractivity contribution in [3.8, 4) is 5.75 Å². The molecular weight excluding hydrogens is 247 g/mol. The van der Waals surface area contributed by atoms with Gasteiger partial charge >= 0.3 is 0 Å². The molecule has 0 radical (unpaired) electrons. The third-order valence-electron chi connectivity index (χ3n) is 2.73. The van der Waals surface area contributed by atoms with Gasteiger partial charge in [0, 0.05) is 18.0 Å². The summed E-state index contributed by atoms with van der Waals surface area (Å²) in [6, 6.07) is 4.30. The van der Waals surface area contributed by atoms with Gasteiger partial charge in [-0.3, -0.25) is 4.79 Å². The number of nitrogens with zero attached hydrogens (tertiary/aromatic N) is 1. The fraction of sp³-hybridized carbons (Fsp3) is 0.286. The average molecular weight is 262 g/mol. The number of rotatable bonds is 6. The quantitative estimate of drug-likeness (QED) is 0.643. The number of hydrogen-bond donors (Lipinski definition) is 1. The SMILES string of the molecule is CC(=O)c1ccc(OCCCc2cnc[nH]2)cc1F. The second kappa shape index (κ2) is 6.13. The van der Waals surface area contributed by atoms with Crippen LogP contribution < -0.4 is 4.74 Å². The van der Waals surface area contributed by atoms with Gasteiger partial charge in [-0.15, -0.1) is 0 Å². The lowest BCUT2D eigenvalue weighted by atomic mass is 10.1. The number of ketones is 1. The van der Waals surface area contributed by atoms with Gasteiger partial charge in [0.2, 0.25) is 0 Å². The minimum Gasteiger partial charge on any atom is -0.493 e. The van der Waals surface area contributed by atoms with E-state index in [9.17, 15) is 9.18 Å². The minimum absolute atomic E-state index is 0.0878. The first kappa shape index (κ1) is 13.3. The Morgan fingerprint density at radius 3 is 2.95 bits per heavy atom. The minimum atomic E-state index is -0.543. The van der Waals surface area contributed by atoms with Gasteiger partial charge in [-0.25, -0.2) is 9.37 Å². The van der Waals surface area contributed by atoms with Gasteiger partial charge in [0.05, 0.1) is 18.5 Å². The summed E-state index contributed by atoms with van der Waals surface area (Å²) >= 11 is 0. The lowest BCUT2D eigenvalue weighted by Crippen LogP contribution is -2.02. The maximum Gasteiger partial charge on any atom is 0.162 e. The van der Waals surface area contributed by atoms with Gasteiger partial charge in [0.1, 0.15) is 11.6 Å². The van der Waals surface area contributed by atoms with Crippen molar-refractivity contribution in [2.75, 3.05) is 6.61 Å². The molecule has 1 heterocycles. The molecule has 0 saturated carbocycles. The summed E-state index contributed by atoms with van der Waals surface area (Å²) in [6.45, 7) is 1.82. The highest BCUT2D eigenvalue weighted by atomic mass is 19.1. The number of hydrogen-bond acceptors (Lipinski definition) is 3. The molecule has 0 aliphatic heterocycles. The predicted molar refractivity (Wildman–Crippen MR) is 68.8 cm³/mol. The molecule has 0 bridgehead atoms. The Balaban J connectivity index is 1.83. The smallest absolute Gasteiger partial charge is 0.162 e. The number of imidazole rings is 1. The maximum absolute atomic E-state index is 13.5. The van der Waals surface area contributed by atoms with E-state index in [0.717, 1.165) is 18.5 Å². The predicted octanol–water partition coefficient (Wildman–Crippen LogP) is 2.76. The molecule has 1 aromatic heterocycles. The van der Waals surface area contributed by atoms with Gasteiger partial charge < -0.3 is 9.72 Å². The molecule has 0 fully saturated rings. The van der Waals surface area contributed by atoms with Crippen molar-refractivity contribution in [2.45, 2.75) is 19.8 Å². The maximum atomic E-state index is 13.5. The second-order valence-corrected chi connectivity index (χ2v) is 4.23. The summed E-state index contributed by atoms with van der Waals surface area (Å²) in [7, 11) is 0. The van der Waals surface area contributed by atoms with Crippen LogP contribution in [0.5, 0.6) is 5.75 Å². The highest BCUT2D eigenvalue weighted by molar-refractivity contribution is 5.94. The number of aryl methyl sites for hydroxylation is 1. The summed E-state index contributed by atoms with van der Waals surface area (Å²) in [5, 5.41) is 0. The van der Waals surface area contributed by atoms with E-state index in [-0.39, 0.29) is 11.3 Å². The standard InChI is InChI=1S/C14H15FN2O2/c1-10(18)13-5-4-12(7-14(13)15)19-6-2-3-11-8-16-9-17-11/h4-5,7-9H,2-3,6H2,1H3,(H,16,17). The Labute approximate surface area is 110 Å². The molecule has 0 atom stereocenters. The molecule has 0 aliphatic rings. The fourth-order valence-corrected chi connectivity index (χ4v) is 1.75. The molecule has 5 heteroatoms. The van der Waals surface area contributed by atoms with Gasteiger partial charge in [-0.05, 0) is 31.9 Å². The van der Waals surface area contributed by atoms with E-state index in [1.807, 2.05) is 0 Å². The van der Waals surface area contributed by atoms with E-state index in [1.165, 1.54) is 19.1 Å². The lowest BCUT2D eigenvalue weighted by molar-refractivity contribution is 0.101. The topological polar surface area (TPSA) is 55.0 Å². The van der Waals surface area contributed by atoms with E-state index < -0.39 is 5.82 Å². The van der Waals surface area contributed by atoms with Crippen molar-refractivity contribution in [3.05, 3.63) is 47.8 Å². The number of halogens is 1. The molecule has 2 aromatic rings. The van der Waals surface area contributed by atoms with E-state index in [2.05, 4.69) is 9.97 Å². The molecule has 0 aliphatic carbocycles. The highest BCUT2D eigenvalue weighted by Crippen LogP contribution is 2.17. The number of Topliss-reactive ketones (excluding diaryl/α,β-unsaturated/α-hetero) is 1. The third-order valence-corrected chi connectivity index (χ3v) is 2.73. The van der Waals surface area contributed by atoms with E-state index in [1.54, 1.807) is 18.6 Å². The largest absolute Gasteiger partial charge is 0.493 e. The van der Waals surface area contributed by atoms with Crippen molar-refractivity contribution < 1.29 is 13.9 Å². The Bertz CT molecular complexity index is 553. The first-order valence-corrected chi connectivity index (χ1v) is 6.07. The number of nitrogens with one attached hydrogen (secondary N) is 1. The van der Waals surface area contributed by atoms with Crippen molar-refractivity contribution in [1.82, 2.24) is 9.97 Å². The van der Waals surface area contributed by atoms with Crippen LogP contribution in [0.25, 0.3) is 0 Å².